The maximum absolute atomic E-state index is 12.5. The number of aryl methyl sites for hydroxylation is 1. The Labute approximate surface area is 140 Å². The van der Waals surface area contributed by atoms with Crippen LogP contribution in [-0.2, 0) is 16.0 Å². The number of H-pyrrole nitrogens is 1. The summed E-state index contributed by atoms with van der Waals surface area (Å²) in [6, 6.07) is 3.66. The normalized spacial score (nSPS) is 10.9. The summed E-state index contributed by atoms with van der Waals surface area (Å²) in [5.74, 6) is 0.923. The Hall–Kier alpha value is -2.50. The van der Waals surface area contributed by atoms with Crippen LogP contribution in [0.3, 0.4) is 0 Å². The highest BCUT2D eigenvalue weighted by atomic mass is 16.5. The predicted octanol–water partition coefficient (Wildman–Crippen LogP) is 2.77. The van der Waals surface area contributed by atoms with Crippen LogP contribution in [0, 0.1) is 0 Å². The molecule has 0 amide bonds. The van der Waals surface area contributed by atoms with Crippen molar-refractivity contribution in [2.45, 2.75) is 32.6 Å². The summed E-state index contributed by atoms with van der Waals surface area (Å²) in [5.41, 5.74) is 1.18. The number of hydrogen-bond donors (Lipinski definition) is 1. The average molecular weight is 333 g/mol. The number of methoxy groups -OCH3 is 3. The number of rotatable bonds is 6. The van der Waals surface area contributed by atoms with Gasteiger partial charge in [0.1, 0.15) is 0 Å². The summed E-state index contributed by atoms with van der Waals surface area (Å²) in [6.45, 7) is 4.02. The first-order chi connectivity index (χ1) is 11.4. The summed E-state index contributed by atoms with van der Waals surface area (Å²) >= 11 is 0. The number of aromatic amines is 1. The number of carbonyl (C=O) groups is 1. The van der Waals surface area contributed by atoms with E-state index in [4.69, 9.17) is 9.47 Å². The van der Waals surface area contributed by atoms with E-state index in [-0.39, 0.29) is 23.9 Å². The van der Waals surface area contributed by atoms with Crippen molar-refractivity contribution in [3.63, 3.8) is 0 Å². The molecule has 0 saturated heterocycles. The molecule has 2 aromatic rings. The highest BCUT2D eigenvalue weighted by Gasteiger charge is 2.17. The zero-order valence-electron chi connectivity index (χ0n) is 14.7. The molecule has 130 valence electrons. The third-order valence-corrected chi connectivity index (χ3v) is 4.05. The van der Waals surface area contributed by atoms with Gasteiger partial charge >= 0.3 is 5.97 Å². The average Bonchev–Trinajstić information content (AvgIpc) is 2.58. The molecule has 0 radical (unpaired) electrons. The molecule has 6 nitrogen and oxygen atoms in total. The second kappa shape index (κ2) is 7.38. The molecule has 2 rings (SSSR count). The Balaban J connectivity index is 2.73. The van der Waals surface area contributed by atoms with E-state index in [9.17, 15) is 9.59 Å². The lowest BCUT2D eigenvalue weighted by Crippen LogP contribution is -2.18. The molecule has 1 aromatic carbocycles. The van der Waals surface area contributed by atoms with E-state index in [1.165, 1.54) is 7.11 Å². The lowest BCUT2D eigenvalue weighted by atomic mass is 9.96. The van der Waals surface area contributed by atoms with E-state index in [1.54, 1.807) is 20.3 Å². The highest BCUT2D eigenvalue weighted by molar-refractivity contribution is 5.91. The quantitative estimate of drug-likeness (QED) is 0.823. The minimum atomic E-state index is -0.351. The fraction of sp³-hybridized carbons (Fsp3) is 0.444. The molecule has 0 atom stereocenters. The maximum Gasteiger partial charge on any atom is 0.305 e. The van der Waals surface area contributed by atoms with Crippen molar-refractivity contribution in [1.82, 2.24) is 4.98 Å². The van der Waals surface area contributed by atoms with Crippen molar-refractivity contribution in [2.75, 3.05) is 21.3 Å². The van der Waals surface area contributed by atoms with E-state index in [0.29, 0.717) is 23.5 Å². The van der Waals surface area contributed by atoms with Crippen molar-refractivity contribution < 1.29 is 19.0 Å². The predicted molar refractivity (Wildman–Crippen MR) is 92.1 cm³/mol. The number of nitrogens with one attached hydrogen (secondary N) is 1. The van der Waals surface area contributed by atoms with Gasteiger partial charge < -0.3 is 19.2 Å². The number of esters is 1. The van der Waals surface area contributed by atoms with Gasteiger partial charge in [0.15, 0.2) is 11.5 Å². The molecule has 1 aromatic heterocycles. The highest BCUT2D eigenvalue weighted by Crippen LogP contribution is 2.35. The van der Waals surface area contributed by atoms with Crippen LogP contribution >= 0.6 is 0 Å². The molecule has 0 fully saturated rings. The van der Waals surface area contributed by atoms with E-state index in [1.807, 2.05) is 19.9 Å². The van der Waals surface area contributed by atoms with Crippen molar-refractivity contribution in [2.24, 2.45) is 0 Å². The first kappa shape index (κ1) is 17.8. The van der Waals surface area contributed by atoms with Crippen molar-refractivity contribution in [3.05, 3.63) is 33.7 Å². The van der Waals surface area contributed by atoms with Crippen LogP contribution in [0.1, 0.15) is 37.4 Å². The number of carbonyl (C=O) groups excluding carboxylic acids is 1. The van der Waals surface area contributed by atoms with Crippen molar-refractivity contribution in [1.29, 1.82) is 0 Å². The van der Waals surface area contributed by atoms with Crippen LogP contribution in [0.5, 0.6) is 11.5 Å². The zero-order chi connectivity index (χ0) is 17.9. The van der Waals surface area contributed by atoms with Gasteiger partial charge in [-0.1, -0.05) is 13.8 Å². The number of benzene rings is 1. The Bertz CT molecular complexity index is 807. The molecule has 0 spiro atoms. The largest absolute Gasteiger partial charge is 0.493 e. The number of hydrogen-bond acceptors (Lipinski definition) is 5. The third-order valence-electron chi connectivity index (χ3n) is 4.05. The van der Waals surface area contributed by atoms with Gasteiger partial charge in [-0.3, -0.25) is 9.59 Å². The van der Waals surface area contributed by atoms with Crippen LogP contribution in [0.25, 0.3) is 10.8 Å². The molecule has 0 saturated carbocycles. The van der Waals surface area contributed by atoms with Gasteiger partial charge in [0.05, 0.1) is 21.3 Å². The van der Waals surface area contributed by atoms with E-state index in [2.05, 4.69) is 9.72 Å². The lowest BCUT2D eigenvalue weighted by Gasteiger charge is -2.16. The van der Waals surface area contributed by atoms with Crippen LogP contribution in [-0.4, -0.2) is 32.3 Å². The molecule has 0 aliphatic rings. The molecule has 1 N–H and O–H groups in total. The lowest BCUT2D eigenvalue weighted by molar-refractivity contribution is -0.140. The van der Waals surface area contributed by atoms with Crippen LogP contribution in [0.4, 0.5) is 0 Å². The van der Waals surface area contributed by atoms with Gasteiger partial charge in [-0.05, 0) is 29.9 Å². The molecule has 24 heavy (non-hydrogen) atoms. The molecule has 0 aliphatic heterocycles. The topological polar surface area (TPSA) is 77.6 Å². The Kier molecular flexibility index (Phi) is 5.49. The fourth-order valence-corrected chi connectivity index (χ4v) is 2.77. The van der Waals surface area contributed by atoms with Gasteiger partial charge in [-0.25, -0.2) is 0 Å². The summed E-state index contributed by atoms with van der Waals surface area (Å²) in [7, 11) is 4.46. The van der Waals surface area contributed by atoms with Crippen LogP contribution < -0.4 is 15.0 Å². The second-order valence-electron chi connectivity index (χ2n) is 5.83. The molecule has 6 heteroatoms. The molecule has 1 heterocycles. The Morgan fingerprint density at radius 1 is 1.08 bits per heavy atom. The van der Waals surface area contributed by atoms with Crippen molar-refractivity contribution >= 4 is 16.7 Å². The van der Waals surface area contributed by atoms with Gasteiger partial charge in [0.25, 0.3) is 5.56 Å². The van der Waals surface area contributed by atoms with Crippen molar-refractivity contribution in [3.8, 4) is 11.5 Å². The smallest absolute Gasteiger partial charge is 0.305 e. The zero-order valence-corrected chi connectivity index (χ0v) is 14.7. The molecular weight excluding hydrogens is 310 g/mol. The van der Waals surface area contributed by atoms with Crippen LogP contribution in [0.2, 0.25) is 0 Å². The molecule has 0 aliphatic carbocycles. The summed E-state index contributed by atoms with van der Waals surface area (Å²) in [5, 5.41) is 1.66. The van der Waals surface area contributed by atoms with E-state index in [0.717, 1.165) is 16.5 Å². The van der Waals surface area contributed by atoms with Crippen LogP contribution in [0.15, 0.2) is 16.9 Å². The Morgan fingerprint density at radius 2 is 1.67 bits per heavy atom. The summed E-state index contributed by atoms with van der Waals surface area (Å²) < 4.78 is 15.4. The number of ether oxygens (including phenoxy) is 3. The molecular formula is C18H23NO5. The first-order valence-electron chi connectivity index (χ1n) is 7.80. The van der Waals surface area contributed by atoms with Gasteiger partial charge in [-0.15, -0.1) is 0 Å². The Morgan fingerprint density at radius 3 is 2.17 bits per heavy atom. The minimum absolute atomic E-state index is 0.132. The fourth-order valence-electron chi connectivity index (χ4n) is 2.77. The molecule has 0 bridgehead atoms. The van der Waals surface area contributed by atoms with E-state index >= 15 is 0 Å². The third kappa shape index (κ3) is 3.37. The minimum Gasteiger partial charge on any atom is -0.493 e. The first-order valence-corrected chi connectivity index (χ1v) is 7.80. The van der Waals surface area contributed by atoms with Gasteiger partial charge in [0, 0.05) is 23.1 Å². The monoisotopic (exact) mass is 333 g/mol. The number of aromatic nitrogens is 1. The number of pyridine rings is 1. The maximum atomic E-state index is 12.5. The van der Waals surface area contributed by atoms with Gasteiger partial charge in [-0.2, -0.15) is 0 Å². The SMILES string of the molecule is COC(=O)CCc1c(=O)[nH]c(C(C)C)c2cc(OC)c(OC)cc12. The number of fused-ring (bicyclic) bond motifs is 1. The second-order valence-corrected chi connectivity index (χ2v) is 5.83. The van der Waals surface area contributed by atoms with E-state index < -0.39 is 0 Å². The summed E-state index contributed by atoms with van der Waals surface area (Å²) in [4.78, 5) is 26.9. The molecule has 0 unspecified atom stereocenters. The standard InChI is InChI=1S/C18H23NO5/c1-10(2)17-13-9-15(23-4)14(22-3)8-12(13)11(18(21)19-17)6-7-16(20)24-5/h8-10H,6-7H2,1-5H3,(H,19,21). The van der Waals surface area contributed by atoms with Gasteiger partial charge in [0.2, 0.25) is 0 Å². The summed E-state index contributed by atoms with van der Waals surface area (Å²) in [6.07, 6.45) is 0.441.